The van der Waals surface area contributed by atoms with Crippen molar-refractivity contribution in [3.8, 4) is 0 Å². The van der Waals surface area contributed by atoms with Gasteiger partial charge in [0.25, 0.3) is 0 Å². The summed E-state index contributed by atoms with van der Waals surface area (Å²) in [6.07, 6.45) is -3.48. The van der Waals surface area contributed by atoms with E-state index in [4.69, 9.17) is 0 Å². The van der Waals surface area contributed by atoms with E-state index in [9.17, 15) is 22.8 Å². The van der Waals surface area contributed by atoms with Crippen molar-refractivity contribution in [2.75, 3.05) is 26.2 Å². The van der Waals surface area contributed by atoms with Crippen LogP contribution < -0.4 is 5.32 Å². The second-order valence-corrected chi connectivity index (χ2v) is 5.40. The summed E-state index contributed by atoms with van der Waals surface area (Å²) in [7, 11) is 0. The van der Waals surface area contributed by atoms with Crippen LogP contribution in [0.5, 0.6) is 0 Å². The molecule has 5 nitrogen and oxygen atoms in total. The highest BCUT2D eigenvalue weighted by Crippen LogP contribution is 2.22. The van der Waals surface area contributed by atoms with Gasteiger partial charge in [-0.05, 0) is 13.3 Å². The van der Waals surface area contributed by atoms with Crippen LogP contribution in [0.1, 0.15) is 19.8 Å². The molecule has 2 aliphatic rings. The van der Waals surface area contributed by atoms with Crippen LogP contribution in [0.25, 0.3) is 0 Å². The lowest BCUT2D eigenvalue weighted by Gasteiger charge is -2.43. The van der Waals surface area contributed by atoms with E-state index in [0.29, 0.717) is 19.5 Å². The Morgan fingerprint density at radius 2 is 2.00 bits per heavy atom. The molecular formula is C12H18F3N3O2. The SMILES string of the molecule is C[C@H]1CN([C@H]2CCC(=O)NC2=O)CCN1CC(F)(F)F. The van der Waals surface area contributed by atoms with Gasteiger partial charge in [0, 0.05) is 32.1 Å². The number of rotatable bonds is 2. The number of hydrogen-bond donors (Lipinski definition) is 1. The average Bonchev–Trinajstić information content (AvgIpc) is 2.30. The number of nitrogens with zero attached hydrogens (tertiary/aromatic N) is 2. The second-order valence-electron chi connectivity index (χ2n) is 5.40. The van der Waals surface area contributed by atoms with E-state index < -0.39 is 18.8 Å². The van der Waals surface area contributed by atoms with E-state index in [-0.39, 0.29) is 30.8 Å². The van der Waals surface area contributed by atoms with Gasteiger partial charge in [0.1, 0.15) is 0 Å². The first-order valence-corrected chi connectivity index (χ1v) is 6.65. The second kappa shape index (κ2) is 5.69. The van der Waals surface area contributed by atoms with Gasteiger partial charge < -0.3 is 0 Å². The molecule has 1 N–H and O–H groups in total. The smallest absolute Gasteiger partial charge is 0.295 e. The highest BCUT2D eigenvalue weighted by molar-refractivity contribution is 6.00. The summed E-state index contributed by atoms with van der Waals surface area (Å²) in [5, 5.41) is 2.28. The van der Waals surface area contributed by atoms with Crippen molar-refractivity contribution in [1.29, 1.82) is 0 Å². The Labute approximate surface area is 115 Å². The van der Waals surface area contributed by atoms with Crippen LogP contribution in [-0.4, -0.2) is 66.1 Å². The number of alkyl halides is 3. The summed E-state index contributed by atoms with van der Waals surface area (Å²) in [6.45, 7) is 1.90. The number of carbonyl (C=O) groups excluding carboxylic acids is 2. The number of imide groups is 1. The van der Waals surface area contributed by atoms with Gasteiger partial charge in [-0.3, -0.25) is 24.7 Å². The molecule has 2 saturated heterocycles. The molecule has 0 saturated carbocycles. The van der Waals surface area contributed by atoms with Crippen molar-refractivity contribution in [3.05, 3.63) is 0 Å². The van der Waals surface area contributed by atoms with Gasteiger partial charge in [-0.2, -0.15) is 13.2 Å². The average molecular weight is 293 g/mol. The molecule has 2 rings (SSSR count). The molecule has 2 amide bonds. The fourth-order valence-corrected chi connectivity index (χ4v) is 2.80. The molecule has 114 valence electrons. The zero-order chi connectivity index (χ0) is 14.9. The first-order chi connectivity index (χ1) is 9.26. The largest absolute Gasteiger partial charge is 0.401 e. The Bertz CT molecular complexity index is 400. The highest BCUT2D eigenvalue weighted by atomic mass is 19.4. The normalized spacial score (nSPS) is 30.4. The van der Waals surface area contributed by atoms with E-state index in [0.717, 1.165) is 0 Å². The van der Waals surface area contributed by atoms with Crippen molar-refractivity contribution in [2.45, 2.75) is 38.0 Å². The van der Waals surface area contributed by atoms with Gasteiger partial charge in [-0.15, -0.1) is 0 Å². The number of carbonyl (C=O) groups is 2. The Morgan fingerprint density at radius 3 is 2.55 bits per heavy atom. The van der Waals surface area contributed by atoms with Gasteiger partial charge >= 0.3 is 6.18 Å². The molecule has 2 atom stereocenters. The van der Waals surface area contributed by atoms with E-state index in [1.165, 1.54) is 4.90 Å². The zero-order valence-electron chi connectivity index (χ0n) is 11.2. The third-order valence-corrected chi connectivity index (χ3v) is 3.83. The van der Waals surface area contributed by atoms with Crippen molar-refractivity contribution in [1.82, 2.24) is 15.1 Å². The summed E-state index contributed by atoms with van der Waals surface area (Å²) in [6, 6.07) is -0.668. The van der Waals surface area contributed by atoms with Crippen molar-refractivity contribution < 1.29 is 22.8 Å². The van der Waals surface area contributed by atoms with Crippen LogP contribution in [0.15, 0.2) is 0 Å². The fraction of sp³-hybridized carbons (Fsp3) is 0.833. The third-order valence-electron chi connectivity index (χ3n) is 3.83. The molecule has 0 radical (unpaired) electrons. The standard InChI is InChI=1S/C12H18F3N3O2/c1-8-6-17(4-5-18(8)7-12(13,14)15)9-2-3-10(19)16-11(9)20/h8-9H,2-7H2,1H3,(H,16,19,20)/t8-,9-/m0/s1. The summed E-state index contributed by atoms with van der Waals surface area (Å²) in [5.74, 6) is -0.618. The Morgan fingerprint density at radius 1 is 1.30 bits per heavy atom. The van der Waals surface area contributed by atoms with E-state index in [1.807, 2.05) is 4.90 Å². The lowest BCUT2D eigenvalue weighted by atomic mass is 10.0. The molecular weight excluding hydrogens is 275 g/mol. The van der Waals surface area contributed by atoms with E-state index >= 15 is 0 Å². The van der Waals surface area contributed by atoms with Crippen LogP contribution in [0, 0.1) is 0 Å². The minimum absolute atomic E-state index is 0.268. The number of amides is 2. The predicted molar refractivity (Wildman–Crippen MR) is 64.8 cm³/mol. The molecule has 20 heavy (non-hydrogen) atoms. The number of hydrogen-bond acceptors (Lipinski definition) is 4. The number of halogens is 3. The van der Waals surface area contributed by atoms with Crippen LogP contribution >= 0.6 is 0 Å². The first-order valence-electron chi connectivity index (χ1n) is 6.65. The van der Waals surface area contributed by atoms with Gasteiger partial charge in [-0.1, -0.05) is 0 Å². The fourth-order valence-electron chi connectivity index (χ4n) is 2.80. The maximum Gasteiger partial charge on any atom is 0.401 e. The van der Waals surface area contributed by atoms with Gasteiger partial charge in [0.15, 0.2) is 0 Å². The molecule has 2 heterocycles. The van der Waals surface area contributed by atoms with Gasteiger partial charge in [0.2, 0.25) is 11.8 Å². The van der Waals surface area contributed by atoms with Gasteiger partial charge in [-0.25, -0.2) is 0 Å². The quantitative estimate of drug-likeness (QED) is 0.747. The molecule has 2 fully saturated rings. The molecule has 8 heteroatoms. The van der Waals surface area contributed by atoms with Crippen LogP contribution in [0.2, 0.25) is 0 Å². The minimum atomic E-state index is -4.20. The molecule has 0 aliphatic carbocycles. The molecule has 0 unspecified atom stereocenters. The van der Waals surface area contributed by atoms with E-state index in [2.05, 4.69) is 5.32 Å². The molecule has 0 spiro atoms. The number of nitrogens with one attached hydrogen (secondary N) is 1. The maximum atomic E-state index is 12.4. The monoisotopic (exact) mass is 293 g/mol. The van der Waals surface area contributed by atoms with Crippen molar-refractivity contribution in [2.24, 2.45) is 0 Å². The van der Waals surface area contributed by atoms with Crippen LogP contribution in [-0.2, 0) is 9.59 Å². The Balaban J connectivity index is 1.92. The maximum absolute atomic E-state index is 12.4. The topological polar surface area (TPSA) is 52.7 Å². The van der Waals surface area contributed by atoms with E-state index in [1.54, 1.807) is 6.92 Å². The summed E-state index contributed by atoms with van der Waals surface area (Å²) >= 11 is 0. The van der Waals surface area contributed by atoms with Gasteiger partial charge in [0.05, 0.1) is 12.6 Å². The number of piperidine rings is 1. The lowest BCUT2D eigenvalue weighted by molar-refractivity contribution is -0.158. The third kappa shape index (κ3) is 3.69. The van der Waals surface area contributed by atoms with Crippen molar-refractivity contribution >= 4 is 11.8 Å². The molecule has 0 aromatic carbocycles. The summed E-state index contributed by atoms with van der Waals surface area (Å²) in [4.78, 5) is 26.1. The lowest BCUT2D eigenvalue weighted by Crippen LogP contribution is -2.61. The Hall–Kier alpha value is -1.15. The predicted octanol–water partition coefficient (Wildman–Crippen LogP) is 0.360. The number of piperazine rings is 1. The Kier molecular flexibility index (Phi) is 4.33. The first kappa shape index (κ1) is 15.2. The summed E-state index contributed by atoms with van der Waals surface area (Å²) < 4.78 is 37.2. The van der Waals surface area contributed by atoms with Crippen LogP contribution in [0.4, 0.5) is 13.2 Å². The molecule has 2 aliphatic heterocycles. The molecule has 0 aromatic heterocycles. The van der Waals surface area contributed by atoms with Crippen molar-refractivity contribution in [3.63, 3.8) is 0 Å². The summed E-state index contributed by atoms with van der Waals surface area (Å²) in [5.41, 5.74) is 0. The zero-order valence-corrected chi connectivity index (χ0v) is 11.2. The highest BCUT2D eigenvalue weighted by Gasteiger charge is 2.38. The molecule has 0 aromatic rings. The van der Waals surface area contributed by atoms with Crippen LogP contribution in [0.3, 0.4) is 0 Å². The molecule has 0 bridgehead atoms. The minimum Gasteiger partial charge on any atom is -0.295 e.